The van der Waals surface area contributed by atoms with Gasteiger partial charge in [-0.25, -0.2) is 0 Å². The first kappa shape index (κ1) is 15.8. The minimum atomic E-state index is 0.835. The van der Waals surface area contributed by atoms with Gasteiger partial charge in [0.1, 0.15) is 0 Å². The van der Waals surface area contributed by atoms with Crippen molar-refractivity contribution in [3.05, 3.63) is 0 Å². The van der Waals surface area contributed by atoms with Gasteiger partial charge in [0.2, 0.25) is 0 Å². The van der Waals surface area contributed by atoms with Gasteiger partial charge in [-0.2, -0.15) is 0 Å². The first-order chi connectivity index (χ1) is 10.3. The molecule has 0 aromatic rings. The van der Waals surface area contributed by atoms with Crippen LogP contribution < -0.4 is 5.32 Å². The summed E-state index contributed by atoms with van der Waals surface area (Å²) in [6.07, 6.45) is 16.6. The maximum atomic E-state index is 3.89. The van der Waals surface area contributed by atoms with Gasteiger partial charge in [-0.15, -0.1) is 0 Å². The van der Waals surface area contributed by atoms with E-state index in [0.29, 0.717) is 0 Å². The van der Waals surface area contributed by atoms with Crippen molar-refractivity contribution in [2.45, 2.75) is 90.5 Å². The van der Waals surface area contributed by atoms with Gasteiger partial charge in [-0.3, -0.25) is 0 Å². The number of hydrogen-bond donors (Lipinski definition) is 1. The van der Waals surface area contributed by atoms with Crippen molar-refractivity contribution in [2.75, 3.05) is 6.54 Å². The Bertz CT molecular complexity index is 305. The fourth-order valence-electron chi connectivity index (χ4n) is 5.98. The highest BCUT2D eigenvalue weighted by molar-refractivity contribution is 4.93. The van der Waals surface area contributed by atoms with Crippen LogP contribution in [0.3, 0.4) is 0 Å². The monoisotopic (exact) mass is 291 g/mol. The Labute approximate surface area is 132 Å². The number of fused-ring (bicyclic) bond motifs is 2. The van der Waals surface area contributed by atoms with E-state index < -0.39 is 0 Å². The van der Waals surface area contributed by atoms with E-state index in [1.807, 2.05) is 0 Å². The molecule has 0 aromatic heterocycles. The Hall–Kier alpha value is -0.0400. The lowest BCUT2D eigenvalue weighted by molar-refractivity contribution is 0.177. The van der Waals surface area contributed by atoms with Crippen LogP contribution in [-0.2, 0) is 0 Å². The molecule has 4 atom stereocenters. The normalized spacial score (nSPS) is 40.6. The minimum Gasteiger partial charge on any atom is -0.314 e. The fraction of sp³-hybridized carbons (Fsp3) is 1.00. The summed E-state index contributed by atoms with van der Waals surface area (Å²) in [5.41, 5.74) is 0. The molecule has 0 aliphatic heterocycles. The quantitative estimate of drug-likeness (QED) is 0.662. The summed E-state index contributed by atoms with van der Waals surface area (Å²) in [5, 5.41) is 3.89. The van der Waals surface area contributed by atoms with E-state index >= 15 is 0 Å². The van der Waals surface area contributed by atoms with Gasteiger partial charge >= 0.3 is 0 Å². The molecule has 3 fully saturated rings. The third-order valence-electron chi connectivity index (χ3n) is 7.06. The predicted octanol–water partition coefficient (Wildman–Crippen LogP) is 5.40. The highest BCUT2D eigenvalue weighted by atomic mass is 14.9. The molecule has 1 N–H and O–H groups in total. The molecule has 0 saturated heterocycles. The highest BCUT2D eigenvalue weighted by Gasteiger charge is 2.41. The SMILES string of the molecule is CCCC1CCC(C(CC2CC3CCC2C3)NCC)CC1. The molecule has 0 heterocycles. The smallest absolute Gasteiger partial charge is 0.00979 e. The molecule has 122 valence electrons. The van der Waals surface area contributed by atoms with Crippen LogP contribution >= 0.6 is 0 Å². The minimum absolute atomic E-state index is 0.835. The average molecular weight is 292 g/mol. The summed E-state index contributed by atoms with van der Waals surface area (Å²) in [6.45, 7) is 5.82. The van der Waals surface area contributed by atoms with E-state index in [2.05, 4.69) is 19.2 Å². The summed E-state index contributed by atoms with van der Waals surface area (Å²) in [5.74, 6) is 5.32. The third-order valence-corrected chi connectivity index (χ3v) is 7.06. The molecule has 3 aliphatic carbocycles. The second-order valence-corrected chi connectivity index (χ2v) is 8.40. The molecule has 1 nitrogen and oxygen atoms in total. The molecule has 4 unspecified atom stereocenters. The summed E-state index contributed by atoms with van der Waals surface area (Å²) >= 11 is 0. The van der Waals surface area contributed by atoms with Crippen LogP contribution in [0.4, 0.5) is 0 Å². The Morgan fingerprint density at radius 3 is 2.33 bits per heavy atom. The average Bonchev–Trinajstić information content (AvgIpc) is 3.11. The maximum Gasteiger partial charge on any atom is 0.00979 e. The Morgan fingerprint density at radius 2 is 1.76 bits per heavy atom. The van der Waals surface area contributed by atoms with Crippen molar-refractivity contribution in [2.24, 2.45) is 29.6 Å². The molecule has 1 heteroatoms. The van der Waals surface area contributed by atoms with Crippen LogP contribution in [0.1, 0.15) is 84.5 Å². The van der Waals surface area contributed by atoms with Crippen molar-refractivity contribution in [3.8, 4) is 0 Å². The number of rotatable bonds is 7. The van der Waals surface area contributed by atoms with E-state index in [4.69, 9.17) is 0 Å². The van der Waals surface area contributed by atoms with Crippen molar-refractivity contribution in [1.82, 2.24) is 5.32 Å². The first-order valence-corrected chi connectivity index (χ1v) is 10.0. The van der Waals surface area contributed by atoms with E-state index in [-0.39, 0.29) is 0 Å². The zero-order chi connectivity index (χ0) is 14.7. The zero-order valence-corrected chi connectivity index (χ0v) is 14.4. The largest absolute Gasteiger partial charge is 0.314 e. The summed E-state index contributed by atoms with van der Waals surface area (Å²) in [6, 6.07) is 0.835. The molecule has 0 aromatic carbocycles. The van der Waals surface area contributed by atoms with Crippen molar-refractivity contribution in [1.29, 1.82) is 0 Å². The second kappa shape index (κ2) is 7.49. The van der Waals surface area contributed by atoms with Crippen LogP contribution in [0.5, 0.6) is 0 Å². The molecule has 3 aliphatic rings. The molecule has 2 bridgehead atoms. The Balaban J connectivity index is 1.50. The molecule has 3 saturated carbocycles. The zero-order valence-electron chi connectivity index (χ0n) is 14.4. The fourth-order valence-corrected chi connectivity index (χ4v) is 5.98. The molecule has 0 amide bonds. The molecule has 0 radical (unpaired) electrons. The summed E-state index contributed by atoms with van der Waals surface area (Å²) in [7, 11) is 0. The molecule has 0 spiro atoms. The van der Waals surface area contributed by atoms with Crippen LogP contribution in [0.2, 0.25) is 0 Å². The van der Waals surface area contributed by atoms with Crippen LogP contribution in [0.15, 0.2) is 0 Å². The molecular formula is C20H37N. The highest BCUT2D eigenvalue weighted by Crippen LogP contribution is 2.50. The number of nitrogens with one attached hydrogen (secondary N) is 1. The van der Waals surface area contributed by atoms with E-state index in [9.17, 15) is 0 Å². The van der Waals surface area contributed by atoms with Crippen molar-refractivity contribution >= 4 is 0 Å². The summed E-state index contributed by atoms with van der Waals surface area (Å²) < 4.78 is 0. The van der Waals surface area contributed by atoms with Gasteiger partial charge in [-0.05, 0) is 74.7 Å². The lowest BCUT2D eigenvalue weighted by atomic mass is 9.73. The Morgan fingerprint density at radius 1 is 0.952 bits per heavy atom. The standard InChI is InChI=1S/C20H37N/c1-3-5-15-6-9-17(10-7-15)20(21-4-2)14-19-13-16-8-11-18(19)12-16/h15-21H,3-14H2,1-2H3. The van der Waals surface area contributed by atoms with Crippen molar-refractivity contribution < 1.29 is 0 Å². The van der Waals surface area contributed by atoms with Gasteiger partial charge in [-0.1, -0.05) is 46.0 Å². The van der Waals surface area contributed by atoms with Gasteiger partial charge < -0.3 is 5.32 Å². The van der Waals surface area contributed by atoms with Gasteiger partial charge in [0, 0.05) is 6.04 Å². The van der Waals surface area contributed by atoms with Gasteiger partial charge in [0.15, 0.2) is 0 Å². The van der Waals surface area contributed by atoms with Gasteiger partial charge in [0.05, 0.1) is 0 Å². The van der Waals surface area contributed by atoms with Gasteiger partial charge in [0.25, 0.3) is 0 Å². The Kier molecular flexibility index (Phi) is 5.65. The predicted molar refractivity (Wildman–Crippen MR) is 91.4 cm³/mol. The van der Waals surface area contributed by atoms with Crippen LogP contribution in [0.25, 0.3) is 0 Å². The van der Waals surface area contributed by atoms with E-state index in [1.165, 1.54) is 51.5 Å². The lowest BCUT2D eigenvalue weighted by Crippen LogP contribution is -2.40. The maximum absolute atomic E-state index is 3.89. The van der Waals surface area contributed by atoms with Crippen molar-refractivity contribution in [3.63, 3.8) is 0 Å². The first-order valence-electron chi connectivity index (χ1n) is 10.0. The van der Waals surface area contributed by atoms with Crippen LogP contribution in [-0.4, -0.2) is 12.6 Å². The third kappa shape index (κ3) is 3.84. The van der Waals surface area contributed by atoms with Crippen LogP contribution in [0, 0.1) is 29.6 Å². The summed E-state index contributed by atoms with van der Waals surface area (Å²) in [4.78, 5) is 0. The molecular weight excluding hydrogens is 254 g/mol. The van der Waals surface area contributed by atoms with E-state index in [0.717, 1.165) is 35.6 Å². The lowest BCUT2D eigenvalue weighted by Gasteiger charge is -2.37. The molecule has 3 rings (SSSR count). The molecule has 21 heavy (non-hydrogen) atoms. The van der Waals surface area contributed by atoms with E-state index in [1.54, 1.807) is 25.7 Å². The topological polar surface area (TPSA) is 12.0 Å². The number of hydrogen-bond acceptors (Lipinski definition) is 1. The second-order valence-electron chi connectivity index (χ2n) is 8.40.